The van der Waals surface area contributed by atoms with Crippen molar-refractivity contribution < 1.29 is 47.5 Å². The van der Waals surface area contributed by atoms with Crippen molar-refractivity contribution in [2.24, 2.45) is 0 Å². The van der Waals surface area contributed by atoms with Crippen LogP contribution in [0.3, 0.4) is 0 Å². The van der Waals surface area contributed by atoms with Gasteiger partial charge in [-0.2, -0.15) is 0 Å². The van der Waals surface area contributed by atoms with Crippen LogP contribution in [-0.4, -0.2) is 101 Å². The molecule has 0 radical (unpaired) electrons. The zero-order chi connectivity index (χ0) is 46.4. The first-order valence-electron chi connectivity index (χ1n) is 27.1. The molecule has 378 valence electrons. The molecular weight excluding hydrogens is 811 g/mol. The molecule has 0 aliphatic carbocycles. The Kier molecular flexibility index (Phi) is 43.6. The maximum atomic E-state index is 13.0. The second kappa shape index (κ2) is 46.3. The number of hydrogen-bond acceptors (Lipinski definition) is 11. The normalized spacial score (nSPS) is 13.2. The van der Waals surface area contributed by atoms with Crippen LogP contribution >= 0.6 is 0 Å². The summed E-state index contributed by atoms with van der Waals surface area (Å²) in [6.45, 7) is 14.7. The molecule has 1 aliphatic heterocycles. The number of esters is 3. The van der Waals surface area contributed by atoms with Crippen molar-refractivity contribution in [3.8, 4) is 0 Å². The minimum atomic E-state index is -0.539. The topological polar surface area (TPSA) is 119 Å². The van der Waals surface area contributed by atoms with E-state index in [0.717, 1.165) is 77.4 Å². The van der Waals surface area contributed by atoms with Gasteiger partial charge in [-0.25, -0.2) is 0 Å². The summed E-state index contributed by atoms with van der Waals surface area (Å²) >= 11 is 0. The summed E-state index contributed by atoms with van der Waals surface area (Å²) in [6, 6.07) is 0. The number of carbonyl (C=O) groups excluding carboxylic acids is 3. The van der Waals surface area contributed by atoms with Crippen LogP contribution in [0, 0.1) is 0 Å². The molecule has 1 saturated heterocycles. The van der Waals surface area contributed by atoms with Crippen molar-refractivity contribution in [3.63, 3.8) is 0 Å². The molecule has 0 amide bonds. The highest BCUT2D eigenvalue weighted by Crippen LogP contribution is 2.16. The van der Waals surface area contributed by atoms with Crippen LogP contribution in [0.2, 0.25) is 0 Å². The highest BCUT2D eigenvalue weighted by atomic mass is 16.7. The monoisotopic (exact) mass is 912 g/mol. The fourth-order valence-electron chi connectivity index (χ4n) is 8.00. The Morgan fingerprint density at radius 2 is 0.734 bits per heavy atom. The predicted octanol–water partition coefficient (Wildman–Crippen LogP) is 13.4. The van der Waals surface area contributed by atoms with E-state index in [1.165, 1.54) is 116 Å². The minimum Gasteiger partial charge on any atom is -0.466 e. The van der Waals surface area contributed by atoms with Gasteiger partial charge >= 0.3 is 17.9 Å². The van der Waals surface area contributed by atoms with Crippen molar-refractivity contribution in [2.75, 3.05) is 59.3 Å². The molecule has 0 unspecified atom stereocenters. The molecule has 0 N–H and O–H groups in total. The van der Waals surface area contributed by atoms with Gasteiger partial charge in [0.15, 0.2) is 12.6 Å². The zero-order valence-electron chi connectivity index (χ0n) is 42.2. The fourth-order valence-corrected chi connectivity index (χ4v) is 8.00. The third-order valence-electron chi connectivity index (χ3n) is 12.1. The molecular formula is C53H101NO10. The van der Waals surface area contributed by atoms with Gasteiger partial charge in [-0.15, -0.1) is 0 Å². The van der Waals surface area contributed by atoms with E-state index in [9.17, 15) is 14.4 Å². The van der Waals surface area contributed by atoms with Crippen LogP contribution < -0.4 is 0 Å². The smallest absolute Gasteiger partial charge is 0.306 e. The Morgan fingerprint density at radius 1 is 0.391 bits per heavy atom. The van der Waals surface area contributed by atoms with Crippen LogP contribution in [0.5, 0.6) is 0 Å². The van der Waals surface area contributed by atoms with Crippen molar-refractivity contribution in [2.45, 2.75) is 265 Å². The zero-order valence-corrected chi connectivity index (χ0v) is 42.2. The summed E-state index contributed by atoms with van der Waals surface area (Å²) < 4.78 is 41.7. The Labute approximate surface area is 393 Å². The maximum absolute atomic E-state index is 13.0. The van der Waals surface area contributed by atoms with Crippen LogP contribution in [0.1, 0.15) is 246 Å². The lowest BCUT2D eigenvalue weighted by atomic mass is 10.1. The quantitative estimate of drug-likeness (QED) is 0.0251. The number of ether oxygens (including phenoxy) is 7. The van der Waals surface area contributed by atoms with Crippen molar-refractivity contribution in [3.05, 3.63) is 0 Å². The lowest BCUT2D eigenvalue weighted by molar-refractivity contribution is -0.161. The van der Waals surface area contributed by atoms with Gasteiger partial charge in [0.2, 0.25) is 0 Å². The van der Waals surface area contributed by atoms with Gasteiger partial charge in [0.25, 0.3) is 0 Å². The molecule has 1 aliphatic rings. The van der Waals surface area contributed by atoms with Gasteiger partial charge in [-0.05, 0) is 64.6 Å². The minimum absolute atomic E-state index is 0.105. The summed E-state index contributed by atoms with van der Waals surface area (Å²) in [5.74, 6) is -0.932. The van der Waals surface area contributed by atoms with Crippen LogP contribution in [-0.2, 0) is 47.5 Å². The molecule has 64 heavy (non-hydrogen) atoms. The highest BCUT2D eigenvalue weighted by Gasteiger charge is 2.20. The number of hydrogen-bond donors (Lipinski definition) is 0. The van der Waals surface area contributed by atoms with Crippen LogP contribution in [0.15, 0.2) is 0 Å². The van der Waals surface area contributed by atoms with Gasteiger partial charge in [-0.3, -0.25) is 14.4 Å². The molecule has 1 heterocycles. The van der Waals surface area contributed by atoms with E-state index in [-0.39, 0.29) is 44.0 Å². The highest BCUT2D eigenvalue weighted by molar-refractivity contribution is 5.70. The Balaban J connectivity index is 2.65. The van der Waals surface area contributed by atoms with Gasteiger partial charge in [0, 0.05) is 58.5 Å². The number of unbranched alkanes of at least 4 members (excludes halogenated alkanes) is 20. The van der Waals surface area contributed by atoms with Crippen LogP contribution in [0.25, 0.3) is 0 Å². The van der Waals surface area contributed by atoms with Crippen molar-refractivity contribution in [1.29, 1.82) is 0 Å². The largest absolute Gasteiger partial charge is 0.466 e. The molecule has 0 atom stereocenters. The van der Waals surface area contributed by atoms with E-state index in [2.05, 4.69) is 32.6 Å². The molecule has 0 aromatic heterocycles. The Bertz CT molecular complexity index is 943. The number of rotatable bonds is 49. The van der Waals surface area contributed by atoms with Crippen LogP contribution in [0.4, 0.5) is 0 Å². The maximum Gasteiger partial charge on any atom is 0.306 e. The molecule has 11 nitrogen and oxygen atoms in total. The van der Waals surface area contributed by atoms with Gasteiger partial charge in [-0.1, -0.05) is 156 Å². The predicted molar refractivity (Wildman–Crippen MR) is 259 cm³/mol. The first-order chi connectivity index (χ1) is 31.4. The van der Waals surface area contributed by atoms with E-state index >= 15 is 0 Å². The molecule has 0 bridgehead atoms. The molecule has 0 aromatic carbocycles. The van der Waals surface area contributed by atoms with E-state index in [1.807, 2.05) is 0 Å². The van der Waals surface area contributed by atoms with Crippen molar-refractivity contribution in [1.82, 2.24) is 4.90 Å². The molecule has 1 fully saturated rings. The molecule has 0 spiro atoms. The van der Waals surface area contributed by atoms with Gasteiger partial charge in [0.1, 0.15) is 6.10 Å². The molecule has 11 heteroatoms. The summed E-state index contributed by atoms with van der Waals surface area (Å²) in [5.41, 5.74) is 0. The second-order valence-electron chi connectivity index (χ2n) is 18.3. The van der Waals surface area contributed by atoms with Crippen molar-refractivity contribution >= 4 is 17.9 Å². The molecule has 1 rings (SSSR count). The SMILES string of the molecule is CCCCCCCCOC(CCC(=O)OCCC(CCOC(=O)CCC(OCCCCCCCC)OCCCCCCCC)OC(=O)CCCN1CCCC1)OCCCCCCCC. The first-order valence-corrected chi connectivity index (χ1v) is 27.1. The van der Waals surface area contributed by atoms with Gasteiger partial charge in [0.05, 0.1) is 26.1 Å². The third-order valence-corrected chi connectivity index (χ3v) is 12.1. The second-order valence-corrected chi connectivity index (χ2v) is 18.3. The lowest BCUT2D eigenvalue weighted by Crippen LogP contribution is -2.25. The summed E-state index contributed by atoms with van der Waals surface area (Å²) in [6.07, 6.45) is 32.4. The van der Waals surface area contributed by atoms with E-state index in [4.69, 9.17) is 33.2 Å². The summed E-state index contributed by atoms with van der Waals surface area (Å²) in [7, 11) is 0. The Morgan fingerprint density at radius 3 is 1.09 bits per heavy atom. The van der Waals surface area contributed by atoms with E-state index < -0.39 is 18.7 Å². The lowest BCUT2D eigenvalue weighted by Gasteiger charge is -2.20. The standard InChI is InChI=1S/C53H101NO10/c1-5-9-13-17-21-27-42-60-52(61-43-28-22-18-14-10-6-2)35-33-49(55)58-46-37-48(64-51(57)32-31-41-54-39-25-26-40-54)38-47-59-50(56)34-36-53(62-44-29-23-19-15-11-7-3)63-45-30-24-20-16-12-8-4/h48,52-53H,5-47H2,1-4H3. The number of nitrogens with zero attached hydrogens (tertiary/aromatic N) is 1. The number of carbonyl (C=O) groups is 3. The average Bonchev–Trinajstić information content (AvgIpc) is 3.81. The average molecular weight is 912 g/mol. The molecule has 0 aromatic rings. The summed E-state index contributed by atoms with van der Waals surface area (Å²) in [4.78, 5) is 41.2. The third kappa shape index (κ3) is 39.4. The summed E-state index contributed by atoms with van der Waals surface area (Å²) in [5, 5.41) is 0. The Hall–Kier alpha value is -1.79. The fraction of sp³-hybridized carbons (Fsp3) is 0.943. The van der Waals surface area contributed by atoms with E-state index in [0.29, 0.717) is 58.5 Å². The van der Waals surface area contributed by atoms with Gasteiger partial charge < -0.3 is 38.1 Å². The van der Waals surface area contributed by atoms with E-state index in [1.54, 1.807) is 0 Å². The number of likely N-dealkylation sites (tertiary alicyclic amines) is 1. The first kappa shape index (κ1) is 60.2. The molecule has 0 saturated carbocycles.